The fourth-order valence-corrected chi connectivity index (χ4v) is 7.29. The van der Waals surface area contributed by atoms with E-state index in [1.807, 2.05) is 24.3 Å². The lowest BCUT2D eigenvalue weighted by molar-refractivity contribution is 0.478. The summed E-state index contributed by atoms with van der Waals surface area (Å²) in [6.07, 6.45) is 0. The molecule has 0 saturated carbocycles. The number of hydrogen-bond acceptors (Lipinski definition) is 1. The molecule has 0 spiro atoms. The quantitative estimate of drug-likeness (QED) is 0.281. The van der Waals surface area contributed by atoms with Gasteiger partial charge in [-0.05, 0) is 51.4 Å². The number of phenolic OH excluding ortho intramolecular Hbond substituents is 1. The van der Waals surface area contributed by atoms with Gasteiger partial charge in [0.25, 0.3) is 0 Å². The van der Waals surface area contributed by atoms with Crippen LogP contribution in [0, 0.1) is 0 Å². The monoisotopic (exact) mass is 454 g/mol. The van der Waals surface area contributed by atoms with Gasteiger partial charge in [0.05, 0.1) is 0 Å². The largest absolute Gasteiger partial charge is 0.507 e. The maximum Gasteiger partial charge on any atom is 0.124 e. The van der Waals surface area contributed by atoms with Crippen LogP contribution in [-0.4, -0.2) is 5.11 Å². The van der Waals surface area contributed by atoms with Crippen LogP contribution in [0.5, 0.6) is 5.75 Å². The predicted molar refractivity (Wildman–Crippen MR) is 147 cm³/mol. The second-order valence-electron chi connectivity index (χ2n) is 8.37. The van der Waals surface area contributed by atoms with Crippen molar-refractivity contribution in [3.05, 3.63) is 133 Å². The summed E-state index contributed by atoms with van der Waals surface area (Å²) >= 11 is 0. The molecule has 0 aliphatic heterocycles. The van der Waals surface area contributed by atoms with E-state index in [0.29, 0.717) is 5.75 Å². The van der Waals surface area contributed by atoms with Crippen molar-refractivity contribution in [2.75, 3.05) is 0 Å². The first-order chi connectivity index (χ1) is 16.8. The van der Waals surface area contributed by atoms with Crippen LogP contribution in [0.2, 0.25) is 0 Å². The lowest BCUT2D eigenvalue weighted by Crippen LogP contribution is -2.22. The van der Waals surface area contributed by atoms with Gasteiger partial charge in [-0.2, -0.15) is 0 Å². The van der Waals surface area contributed by atoms with Crippen LogP contribution in [0.25, 0.3) is 32.7 Å². The Balaban J connectivity index is 1.76. The molecular weight excluding hydrogens is 431 g/mol. The predicted octanol–water partition coefficient (Wildman–Crippen LogP) is 7.12. The summed E-state index contributed by atoms with van der Waals surface area (Å²) < 4.78 is 0. The van der Waals surface area contributed by atoms with Crippen molar-refractivity contribution >= 4 is 45.4 Å². The molecule has 0 unspecified atom stereocenters. The molecule has 0 heterocycles. The van der Waals surface area contributed by atoms with E-state index >= 15 is 0 Å². The SMILES string of the molecule is Oc1ccc2ccccc2c1-c1c(P(c2ccccc2)c2ccccc2)ccc2ccccc12. The van der Waals surface area contributed by atoms with Gasteiger partial charge >= 0.3 is 0 Å². The fraction of sp³-hybridized carbons (Fsp3) is 0. The summed E-state index contributed by atoms with van der Waals surface area (Å²) in [4.78, 5) is 0. The third-order valence-electron chi connectivity index (χ3n) is 6.33. The Kier molecular flexibility index (Phi) is 5.34. The van der Waals surface area contributed by atoms with Crippen LogP contribution in [0.1, 0.15) is 0 Å². The molecule has 0 bridgehead atoms. The van der Waals surface area contributed by atoms with Gasteiger partial charge in [0.1, 0.15) is 5.75 Å². The first-order valence-corrected chi connectivity index (χ1v) is 12.8. The third kappa shape index (κ3) is 3.55. The van der Waals surface area contributed by atoms with Crippen LogP contribution < -0.4 is 15.9 Å². The molecule has 2 heteroatoms. The van der Waals surface area contributed by atoms with Gasteiger partial charge < -0.3 is 5.11 Å². The minimum atomic E-state index is -0.842. The van der Waals surface area contributed by atoms with E-state index in [1.165, 1.54) is 21.3 Å². The third-order valence-corrected chi connectivity index (χ3v) is 8.82. The standard InChI is InChI=1S/C32H23OP/c33-29-21-19-23-11-7-9-17-27(23)31(29)32-28-18-10-8-12-24(28)20-22-30(32)34(25-13-3-1-4-14-25)26-15-5-2-6-16-26/h1-22,33H. The zero-order valence-corrected chi connectivity index (χ0v) is 19.5. The van der Waals surface area contributed by atoms with Gasteiger partial charge in [-0.1, -0.05) is 127 Å². The van der Waals surface area contributed by atoms with E-state index in [-0.39, 0.29) is 0 Å². The van der Waals surface area contributed by atoms with Crippen LogP contribution in [-0.2, 0) is 0 Å². The number of hydrogen-bond donors (Lipinski definition) is 1. The summed E-state index contributed by atoms with van der Waals surface area (Å²) in [6, 6.07) is 46.6. The van der Waals surface area contributed by atoms with E-state index in [2.05, 4.69) is 109 Å². The molecule has 6 aromatic rings. The highest BCUT2D eigenvalue weighted by atomic mass is 31.1. The zero-order chi connectivity index (χ0) is 22.9. The van der Waals surface area contributed by atoms with Crippen molar-refractivity contribution in [3.8, 4) is 16.9 Å². The van der Waals surface area contributed by atoms with E-state index < -0.39 is 7.92 Å². The second-order valence-corrected chi connectivity index (χ2v) is 10.6. The summed E-state index contributed by atoms with van der Waals surface area (Å²) in [5.41, 5.74) is 2.02. The minimum absolute atomic E-state index is 0.312. The second kappa shape index (κ2) is 8.78. The maximum absolute atomic E-state index is 11.3. The minimum Gasteiger partial charge on any atom is -0.507 e. The molecule has 0 aromatic heterocycles. The normalized spacial score (nSPS) is 11.3. The highest BCUT2D eigenvalue weighted by Gasteiger charge is 2.24. The molecule has 6 aromatic carbocycles. The number of benzene rings is 6. The van der Waals surface area contributed by atoms with Gasteiger partial charge in [0, 0.05) is 11.1 Å². The molecule has 0 atom stereocenters. The first-order valence-electron chi connectivity index (χ1n) is 11.4. The number of fused-ring (bicyclic) bond motifs is 2. The van der Waals surface area contributed by atoms with E-state index in [0.717, 1.165) is 27.3 Å². The molecule has 1 nitrogen and oxygen atoms in total. The first kappa shape index (κ1) is 20.7. The highest BCUT2D eigenvalue weighted by Crippen LogP contribution is 2.44. The van der Waals surface area contributed by atoms with Crippen molar-refractivity contribution in [1.29, 1.82) is 0 Å². The molecule has 1 N–H and O–H groups in total. The van der Waals surface area contributed by atoms with Gasteiger partial charge in [0.2, 0.25) is 0 Å². The molecule has 0 aliphatic rings. The van der Waals surface area contributed by atoms with Gasteiger partial charge in [0.15, 0.2) is 0 Å². The zero-order valence-electron chi connectivity index (χ0n) is 18.6. The van der Waals surface area contributed by atoms with Crippen molar-refractivity contribution in [2.45, 2.75) is 0 Å². The Morgan fingerprint density at radius 3 is 1.47 bits per heavy atom. The highest BCUT2D eigenvalue weighted by molar-refractivity contribution is 7.80. The van der Waals surface area contributed by atoms with Crippen LogP contribution >= 0.6 is 7.92 Å². The Morgan fingerprint density at radius 2 is 0.882 bits per heavy atom. The Morgan fingerprint density at radius 1 is 0.412 bits per heavy atom. The molecular formula is C32H23OP. The Hall–Kier alpha value is -3.93. The summed E-state index contributed by atoms with van der Waals surface area (Å²) in [5, 5.41) is 19.6. The topological polar surface area (TPSA) is 20.2 Å². The van der Waals surface area contributed by atoms with Crippen molar-refractivity contribution in [1.82, 2.24) is 0 Å². The van der Waals surface area contributed by atoms with Gasteiger partial charge in [-0.3, -0.25) is 0 Å². The lowest BCUT2D eigenvalue weighted by Gasteiger charge is -2.25. The lowest BCUT2D eigenvalue weighted by atomic mass is 9.93. The molecule has 6 rings (SSSR count). The average Bonchev–Trinajstić information content (AvgIpc) is 2.90. The average molecular weight is 455 g/mol. The molecule has 0 saturated heterocycles. The summed E-state index contributed by atoms with van der Waals surface area (Å²) in [7, 11) is -0.842. The number of rotatable bonds is 4. The Labute approximate surface area is 200 Å². The maximum atomic E-state index is 11.3. The number of aromatic hydroxyl groups is 1. The van der Waals surface area contributed by atoms with Gasteiger partial charge in [-0.25, -0.2) is 0 Å². The van der Waals surface area contributed by atoms with Gasteiger partial charge in [-0.15, -0.1) is 0 Å². The Bertz CT molecular complexity index is 1570. The molecule has 162 valence electrons. The van der Waals surface area contributed by atoms with Crippen molar-refractivity contribution in [2.24, 2.45) is 0 Å². The van der Waals surface area contributed by atoms with Crippen LogP contribution in [0.15, 0.2) is 133 Å². The van der Waals surface area contributed by atoms with Crippen molar-refractivity contribution in [3.63, 3.8) is 0 Å². The molecule has 34 heavy (non-hydrogen) atoms. The molecule has 0 amide bonds. The smallest absolute Gasteiger partial charge is 0.124 e. The fourth-order valence-electron chi connectivity index (χ4n) is 4.81. The van der Waals surface area contributed by atoms with E-state index in [1.54, 1.807) is 0 Å². The van der Waals surface area contributed by atoms with Crippen molar-refractivity contribution < 1.29 is 5.11 Å². The number of phenols is 1. The van der Waals surface area contributed by atoms with Crippen LogP contribution in [0.3, 0.4) is 0 Å². The summed E-state index contributed by atoms with van der Waals surface area (Å²) in [5.74, 6) is 0.312. The van der Waals surface area contributed by atoms with Crippen LogP contribution in [0.4, 0.5) is 0 Å². The molecule has 0 fully saturated rings. The molecule has 0 aliphatic carbocycles. The summed E-state index contributed by atoms with van der Waals surface area (Å²) in [6.45, 7) is 0. The van der Waals surface area contributed by atoms with E-state index in [9.17, 15) is 5.11 Å². The van der Waals surface area contributed by atoms with E-state index in [4.69, 9.17) is 0 Å². The molecule has 0 radical (unpaired) electrons.